The van der Waals surface area contributed by atoms with Crippen molar-refractivity contribution in [2.45, 2.75) is 31.9 Å². The zero-order valence-electron chi connectivity index (χ0n) is 12.7. The molecule has 0 amide bonds. The second-order valence-corrected chi connectivity index (χ2v) is 4.13. The largest absolute Gasteiger partial charge is 0.463 e. The predicted octanol–water partition coefficient (Wildman–Crippen LogP) is 2.54. The van der Waals surface area contributed by atoms with Crippen molar-refractivity contribution < 1.29 is 54.6 Å². The number of ether oxygens (including phenoxy) is 2. The molecule has 0 aromatic carbocycles. The molecule has 0 heterocycles. The van der Waals surface area contributed by atoms with Crippen molar-refractivity contribution in [3.8, 4) is 0 Å². The number of carbonyl (C=O) groups excluding carboxylic acids is 2. The zero-order chi connectivity index (χ0) is 20.1. The van der Waals surface area contributed by atoms with E-state index in [1.54, 1.807) is 0 Å². The summed E-state index contributed by atoms with van der Waals surface area (Å²) < 4.78 is 99.2. The van der Waals surface area contributed by atoms with Gasteiger partial charge in [-0.1, -0.05) is 0 Å². The summed E-state index contributed by atoms with van der Waals surface area (Å²) in [5.74, 6) is -16.6. The topological polar surface area (TPSA) is 89.0 Å². The van der Waals surface area contributed by atoms with Crippen molar-refractivity contribution in [1.82, 2.24) is 0 Å². The van der Waals surface area contributed by atoms with Crippen LogP contribution in [0.25, 0.3) is 5.53 Å². The number of halogens is 7. The highest BCUT2D eigenvalue weighted by atomic mass is 19.4. The Bertz CT molecular complexity index is 607. The summed E-state index contributed by atoms with van der Waals surface area (Å²) >= 11 is 0. The second kappa shape index (κ2) is 8.10. The Balaban J connectivity index is 6.47. The van der Waals surface area contributed by atoms with E-state index in [2.05, 4.69) is 9.47 Å². The molecule has 6 nitrogen and oxygen atoms in total. The molecule has 0 aliphatic heterocycles. The van der Waals surface area contributed by atoms with Gasteiger partial charge in [-0.2, -0.15) is 35.5 Å². The molecule has 0 radical (unpaired) electrons. The fourth-order valence-electron chi connectivity index (χ4n) is 1.36. The Kier molecular flexibility index (Phi) is 7.31. The minimum atomic E-state index is -6.75. The Morgan fingerprint density at radius 1 is 1.00 bits per heavy atom. The Morgan fingerprint density at radius 3 is 1.84 bits per heavy atom. The summed E-state index contributed by atoms with van der Waals surface area (Å²) in [7, 11) is 0. The van der Waals surface area contributed by atoms with Gasteiger partial charge >= 0.3 is 35.7 Å². The molecule has 25 heavy (non-hydrogen) atoms. The average molecular weight is 380 g/mol. The first-order valence-electron chi connectivity index (χ1n) is 6.38. The summed E-state index contributed by atoms with van der Waals surface area (Å²) in [5.41, 5.74) is 4.07. The van der Waals surface area contributed by atoms with Gasteiger partial charge in [-0.15, -0.1) is 0 Å². The van der Waals surface area contributed by atoms with Crippen LogP contribution in [0, 0.1) is 0 Å². The van der Waals surface area contributed by atoms with E-state index in [1.807, 2.05) is 4.79 Å². The molecule has 0 aromatic rings. The van der Waals surface area contributed by atoms with Gasteiger partial charge in [0, 0.05) is 6.08 Å². The van der Waals surface area contributed by atoms with E-state index in [-0.39, 0.29) is 0 Å². The quantitative estimate of drug-likeness (QED) is 0.170. The molecule has 0 saturated carbocycles. The first-order chi connectivity index (χ1) is 11.3. The Hall–Kier alpha value is -2.43. The molecule has 0 rings (SSSR count). The van der Waals surface area contributed by atoms with Gasteiger partial charge in [-0.25, -0.2) is 9.59 Å². The standard InChI is InChI=1S/C12H11F7N2O4/c1-3-24-7(22)5-6(8(21-20)9(23)25-4-2)10(13,14)11(15,16)12(17,18)19/h5H,3-4H2,1-2H3. The molecule has 142 valence electrons. The summed E-state index contributed by atoms with van der Waals surface area (Å²) in [5, 5.41) is 0. The van der Waals surface area contributed by atoms with E-state index >= 15 is 0 Å². The van der Waals surface area contributed by atoms with Crippen LogP contribution in [0.1, 0.15) is 13.8 Å². The first-order valence-corrected chi connectivity index (χ1v) is 6.38. The highest BCUT2D eigenvalue weighted by Gasteiger charge is 2.76. The first kappa shape index (κ1) is 22.6. The van der Waals surface area contributed by atoms with Crippen LogP contribution in [-0.2, 0) is 19.1 Å². The third-order valence-electron chi connectivity index (χ3n) is 2.46. The van der Waals surface area contributed by atoms with Crippen LogP contribution in [0.2, 0.25) is 0 Å². The number of carbonyl (C=O) groups is 2. The van der Waals surface area contributed by atoms with Crippen molar-refractivity contribution in [2.24, 2.45) is 0 Å². The maximum atomic E-state index is 13.9. The van der Waals surface area contributed by atoms with Gasteiger partial charge in [0.2, 0.25) is 0 Å². The smallest absolute Gasteiger partial charge is 0.460 e. The van der Waals surface area contributed by atoms with E-state index < -0.39 is 60.5 Å². The molecule has 0 unspecified atom stereocenters. The number of rotatable bonds is 7. The van der Waals surface area contributed by atoms with Crippen LogP contribution in [0.4, 0.5) is 30.7 Å². The lowest BCUT2D eigenvalue weighted by Gasteiger charge is -2.28. The molecule has 0 atom stereocenters. The molecule has 0 N–H and O–H groups in total. The lowest BCUT2D eigenvalue weighted by atomic mass is 9.96. The summed E-state index contributed by atoms with van der Waals surface area (Å²) in [6.07, 6.45) is -7.26. The van der Waals surface area contributed by atoms with Gasteiger partial charge in [0.25, 0.3) is 0 Å². The molecule has 0 saturated heterocycles. The van der Waals surface area contributed by atoms with Crippen molar-refractivity contribution in [3.05, 3.63) is 17.2 Å². The van der Waals surface area contributed by atoms with E-state index in [1.165, 1.54) is 6.92 Å². The minimum absolute atomic E-state index is 0.450. The van der Waals surface area contributed by atoms with Crippen molar-refractivity contribution in [2.75, 3.05) is 13.2 Å². The fourth-order valence-corrected chi connectivity index (χ4v) is 1.36. The molecular formula is C12H11F7N2O4. The van der Waals surface area contributed by atoms with Gasteiger partial charge in [-0.05, 0) is 13.8 Å². The highest BCUT2D eigenvalue weighted by Crippen LogP contribution is 2.50. The average Bonchev–Trinajstić information content (AvgIpc) is 2.46. The number of alkyl halides is 7. The maximum Gasteiger partial charge on any atom is 0.460 e. The lowest BCUT2D eigenvalue weighted by molar-refractivity contribution is -0.343. The molecular weight excluding hydrogens is 369 g/mol. The minimum Gasteiger partial charge on any atom is -0.463 e. The van der Waals surface area contributed by atoms with Crippen LogP contribution in [0.3, 0.4) is 0 Å². The predicted molar refractivity (Wildman–Crippen MR) is 65.9 cm³/mol. The summed E-state index contributed by atoms with van der Waals surface area (Å²) in [6, 6.07) is 0. The van der Waals surface area contributed by atoms with Gasteiger partial charge in [0.1, 0.15) is 5.57 Å². The Labute approximate surface area is 135 Å². The van der Waals surface area contributed by atoms with Crippen LogP contribution >= 0.6 is 0 Å². The molecule has 0 spiro atoms. The normalized spacial score (nSPS) is 13.1. The van der Waals surface area contributed by atoms with Gasteiger partial charge in [0.05, 0.1) is 13.2 Å². The van der Waals surface area contributed by atoms with Crippen molar-refractivity contribution >= 4 is 17.7 Å². The van der Waals surface area contributed by atoms with E-state index in [4.69, 9.17) is 5.53 Å². The lowest BCUT2D eigenvalue weighted by Crippen LogP contribution is -2.55. The van der Waals surface area contributed by atoms with Crippen LogP contribution in [0.5, 0.6) is 0 Å². The van der Waals surface area contributed by atoms with Crippen molar-refractivity contribution in [1.29, 1.82) is 0 Å². The molecule has 0 aliphatic carbocycles. The molecule has 13 heteroatoms. The SMILES string of the molecule is CCOC(=O)C=C(C(=[N+]=[N-])C(=O)OCC)C(F)(F)C(F)(F)C(F)(F)F. The Morgan fingerprint density at radius 2 is 1.48 bits per heavy atom. The number of nitrogens with zero attached hydrogens (tertiary/aromatic N) is 2. The van der Waals surface area contributed by atoms with Crippen LogP contribution in [-0.4, -0.2) is 53.7 Å². The number of hydrogen-bond acceptors (Lipinski definition) is 4. The van der Waals surface area contributed by atoms with E-state index in [0.29, 0.717) is 0 Å². The molecule has 0 bridgehead atoms. The number of hydrogen-bond donors (Lipinski definition) is 0. The highest BCUT2D eigenvalue weighted by molar-refractivity contribution is 6.41. The van der Waals surface area contributed by atoms with Crippen molar-refractivity contribution in [3.63, 3.8) is 0 Å². The monoisotopic (exact) mass is 380 g/mol. The number of esters is 2. The van der Waals surface area contributed by atoms with Crippen LogP contribution < -0.4 is 0 Å². The van der Waals surface area contributed by atoms with E-state index in [0.717, 1.165) is 6.92 Å². The van der Waals surface area contributed by atoms with Gasteiger partial charge in [-0.3, -0.25) is 0 Å². The molecule has 0 aromatic heterocycles. The second-order valence-electron chi connectivity index (χ2n) is 4.13. The summed E-state index contributed by atoms with van der Waals surface area (Å²) in [6.45, 7) is 1.35. The van der Waals surface area contributed by atoms with Crippen LogP contribution in [0.15, 0.2) is 11.6 Å². The maximum absolute atomic E-state index is 13.9. The van der Waals surface area contributed by atoms with E-state index in [9.17, 15) is 40.3 Å². The third kappa shape index (κ3) is 4.78. The molecule has 0 aliphatic rings. The van der Waals surface area contributed by atoms with Gasteiger partial charge in [0.15, 0.2) is 0 Å². The molecule has 0 fully saturated rings. The fraction of sp³-hybridized carbons (Fsp3) is 0.583. The third-order valence-corrected chi connectivity index (χ3v) is 2.46. The van der Waals surface area contributed by atoms with Gasteiger partial charge < -0.3 is 15.0 Å². The summed E-state index contributed by atoms with van der Waals surface area (Å²) in [4.78, 5) is 24.6. The zero-order valence-corrected chi connectivity index (χ0v) is 12.7.